The van der Waals surface area contributed by atoms with E-state index in [2.05, 4.69) is 39.6 Å². The summed E-state index contributed by atoms with van der Waals surface area (Å²) in [6, 6.07) is 4.74. The quantitative estimate of drug-likeness (QED) is 0.458. The van der Waals surface area contributed by atoms with E-state index in [0.29, 0.717) is 6.04 Å². The van der Waals surface area contributed by atoms with Crippen molar-refractivity contribution in [2.75, 3.05) is 46.4 Å². The number of nitrogens with zero attached hydrogens (tertiary/aromatic N) is 3. The van der Waals surface area contributed by atoms with Gasteiger partial charge in [-0.15, -0.1) is 11.3 Å². The molecular weight excluding hydrogens is 360 g/mol. The van der Waals surface area contributed by atoms with E-state index in [1.165, 1.54) is 37.9 Å². The third-order valence-corrected chi connectivity index (χ3v) is 6.50. The van der Waals surface area contributed by atoms with Crippen LogP contribution in [0.2, 0.25) is 0 Å². The molecule has 0 radical (unpaired) electrons. The smallest absolute Gasteiger partial charge is 0.308 e. The number of esters is 1. The number of hydrogen-bond donors (Lipinski definition) is 1. The Bertz CT molecular complexity index is 606. The molecule has 0 aliphatic carbocycles. The Kier molecular flexibility index (Phi) is 7.52. The van der Waals surface area contributed by atoms with Crippen LogP contribution in [0.1, 0.15) is 43.5 Å². The van der Waals surface area contributed by atoms with Gasteiger partial charge in [-0.05, 0) is 57.1 Å². The number of nitrogens with one attached hydrogen (secondary N) is 1. The Hall–Kier alpha value is -1.60. The fraction of sp³-hybridized carbons (Fsp3) is 0.700. The van der Waals surface area contributed by atoms with Gasteiger partial charge in [-0.2, -0.15) is 0 Å². The van der Waals surface area contributed by atoms with Crippen LogP contribution in [0.5, 0.6) is 0 Å². The molecule has 1 N–H and O–H groups in total. The molecule has 7 heteroatoms. The first-order valence-corrected chi connectivity index (χ1v) is 11.0. The summed E-state index contributed by atoms with van der Waals surface area (Å²) in [7, 11) is 1.48. The molecule has 2 aliphatic rings. The fourth-order valence-electron chi connectivity index (χ4n) is 4.01. The van der Waals surface area contributed by atoms with E-state index >= 15 is 0 Å². The van der Waals surface area contributed by atoms with Crippen LogP contribution in [0.3, 0.4) is 0 Å². The van der Waals surface area contributed by atoms with Crippen LogP contribution in [0, 0.1) is 5.92 Å². The maximum Gasteiger partial charge on any atom is 0.308 e. The van der Waals surface area contributed by atoms with Crippen molar-refractivity contribution in [3.8, 4) is 0 Å². The molecule has 0 spiro atoms. The lowest BCUT2D eigenvalue weighted by molar-refractivity contribution is -0.146. The van der Waals surface area contributed by atoms with Gasteiger partial charge in [0.2, 0.25) is 0 Å². The molecule has 2 aliphatic heterocycles. The number of carbonyl (C=O) groups excluding carboxylic acids is 1. The van der Waals surface area contributed by atoms with Crippen molar-refractivity contribution in [1.82, 2.24) is 15.1 Å². The first-order valence-electron chi connectivity index (χ1n) is 10.1. The summed E-state index contributed by atoms with van der Waals surface area (Å²) < 4.78 is 4.90. The molecular formula is C20H32N4O2S. The highest BCUT2D eigenvalue weighted by Gasteiger charge is 2.28. The van der Waals surface area contributed by atoms with Crippen LogP contribution in [-0.2, 0) is 9.53 Å². The van der Waals surface area contributed by atoms with Gasteiger partial charge in [0.05, 0.1) is 25.6 Å². The number of thiophene rings is 1. The molecule has 1 aromatic heterocycles. The number of methoxy groups -OCH3 is 1. The van der Waals surface area contributed by atoms with Gasteiger partial charge in [-0.1, -0.05) is 6.07 Å². The molecule has 1 aromatic rings. The van der Waals surface area contributed by atoms with Gasteiger partial charge >= 0.3 is 5.97 Å². The summed E-state index contributed by atoms with van der Waals surface area (Å²) in [6.45, 7) is 7.76. The van der Waals surface area contributed by atoms with E-state index in [1.807, 2.05) is 11.3 Å². The zero-order valence-corrected chi connectivity index (χ0v) is 17.3. The molecule has 2 fully saturated rings. The van der Waals surface area contributed by atoms with E-state index in [0.717, 1.165) is 45.0 Å². The van der Waals surface area contributed by atoms with Crippen molar-refractivity contribution in [2.45, 2.75) is 38.6 Å². The SMILES string of the molecule is CCNC(=NCC(c1cccs1)N1CCCC1)N1CCC(C(=O)OC)CC1. The predicted molar refractivity (Wildman–Crippen MR) is 110 cm³/mol. The number of piperidine rings is 1. The van der Waals surface area contributed by atoms with Crippen LogP contribution in [0.15, 0.2) is 22.5 Å². The van der Waals surface area contributed by atoms with Crippen molar-refractivity contribution in [3.63, 3.8) is 0 Å². The minimum Gasteiger partial charge on any atom is -0.469 e. The van der Waals surface area contributed by atoms with Crippen LogP contribution in [0.25, 0.3) is 0 Å². The molecule has 1 unspecified atom stereocenters. The molecule has 0 bridgehead atoms. The zero-order valence-electron chi connectivity index (χ0n) is 16.5. The molecule has 1 atom stereocenters. The minimum absolute atomic E-state index is 0.0255. The Morgan fingerprint density at radius 2 is 2.07 bits per heavy atom. The van der Waals surface area contributed by atoms with Gasteiger partial charge in [-0.3, -0.25) is 14.7 Å². The Balaban J connectivity index is 1.66. The number of ether oxygens (including phenoxy) is 1. The molecule has 0 amide bonds. The van der Waals surface area contributed by atoms with Crippen LogP contribution in [-0.4, -0.2) is 68.1 Å². The van der Waals surface area contributed by atoms with Crippen molar-refractivity contribution < 1.29 is 9.53 Å². The van der Waals surface area contributed by atoms with E-state index in [1.54, 1.807) is 0 Å². The third-order valence-electron chi connectivity index (χ3n) is 5.53. The molecule has 2 saturated heterocycles. The van der Waals surface area contributed by atoms with E-state index in [4.69, 9.17) is 9.73 Å². The fourth-order valence-corrected chi connectivity index (χ4v) is 4.86. The van der Waals surface area contributed by atoms with Crippen molar-refractivity contribution in [1.29, 1.82) is 0 Å². The first-order chi connectivity index (χ1) is 13.2. The van der Waals surface area contributed by atoms with E-state index < -0.39 is 0 Å². The molecule has 0 aromatic carbocycles. The largest absolute Gasteiger partial charge is 0.469 e. The summed E-state index contributed by atoms with van der Waals surface area (Å²) in [6.07, 6.45) is 4.23. The summed E-state index contributed by atoms with van der Waals surface area (Å²) in [4.78, 5) is 23.0. The van der Waals surface area contributed by atoms with Gasteiger partial charge in [0.25, 0.3) is 0 Å². The monoisotopic (exact) mass is 392 g/mol. The average molecular weight is 393 g/mol. The Morgan fingerprint density at radius 1 is 1.33 bits per heavy atom. The number of aliphatic imine (C=N–C) groups is 1. The van der Waals surface area contributed by atoms with Crippen LogP contribution < -0.4 is 5.32 Å². The van der Waals surface area contributed by atoms with Gasteiger partial charge in [0, 0.05) is 24.5 Å². The van der Waals surface area contributed by atoms with Crippen molar-refractivity contribution in [2.24, 2.45) is 10.9 Å². The van der Waals surface area contributed by atoms with Crippen molar-refractivity contribution in [3.05, 3.63) is 22.4 Å². The normalized spacial score (nSPS) is 20.7. The maximum atomic E-state index is 11.8. The van der Waals surface area contributed by atoms with Gasteiger partial charge in [0.15, 0.2) is 5.96 Å². The maximum absolute atomic E-state index is 11.8. The molecule has 6 nitrogen and oxygen atoms in total. The standard InChI is InChI=1S/C20H32N4O2S/c1-3-21-20(24-12-8-16(9-13-24)19(25)26-2)22-15-17(18-7-6-14-27-18)23-10-4-5-11-23/h6-7,14,16-17H,3-5,8-13,15H2,1-2H3,(H,21,22). The summed E-state index contributed by atoms with van der Waals surface area (Å²) in [5, 5.41) is 5.60. The Morgan fingerprint density at radius 3 is 2.67 bits per heavy atom. The van der Waals surface area contributed by atoms with E-state index in [9.17, 15) is 4.79 Å². The second kappa shape index (κ2) is 10.1. The van der Waals surface area contributed by atoms with Gasteiger partial charge in [-0.25, -0.2) is 0 Å². The lowest BCUT2D eigenvalue weighted by Gasteiger charge is -2.33. The molecule has 150 valence electrons. The zero-order chi connectivity index (χ0) is 19.1. The summed E-state index contributed by atoms with van der Waals surface area (Å²) >= 11 is 1.83. The van der Waals surface area contributed by atoms with Crippen LogP contribution in [0.4, 0.5) is 0 Å². The van der Waals surface area contributed by atoms with E-state index in [-0.39, 0.29) is 11.9 Å². The predicted octanol–water partition coefficient (Wildman–Crippen LogP) is 2.74. The number of rotatable bonds is 6. The minimum atomic E-state index is -0.0802. The third kappa shape index (κ3) is 5.23. The number of likely N-dealkylation sites (tertiary alicyclic amines) is 2. The van der Waals surface area contributed by atoms with Crippen molar-refractivity contribution >= 4 is 23.3 Å². The molecule has 0 saturated carbocycles. The highest BCUT2D eigenvalue weighted by molar-refractivity contribution is 7.10. The molecule has 27 heavy (non-hydrogen) atoms. The van der Waals surface area contributed by atoms with Gasteiger partial charge in [0.1, 0.15) is 0 Å². The number of hydrogen-bond acceptors (Lipinski definition) is 5. The second-order valence-corrected chi connectivity index (χ2v) is 8.23. The second-order valence-electron chi connectivity index (χ2n) is 7.25. The number of guanidine groups is 1. The average Bonchev–Trinajstić information content (AvgIpc) is 3.41. The highest BCUT2D eigenvalue weighted by Crippen LogP contribution is 2.29. The Labute approximate surface area is 166 Å². The molecule has 3 rings (SSSR count). The molecule has 3 heterocycles. The first kappa shape index (κ1) is 20.1. The topological polar surface area (TPSA) is 57.2 Å². The number of carbonyl (C=O) groups is 1. The van der Waals surface area contributed by atoms with Gasteiger partial charge < -0.3 is 15.0 Å². The lowest BCUT2D eigenvalue weighted by Crippen LogP contribution is -2.47. The van der Waals surface area contributed by atoms with Crippen LogP contribution >= 0.6 is 11.3 Å². The summed E-state index contributed by atoms with van der Waals surface area (Å²) in [5.41, 5.74) is 0. The summed E-state index contributed by atoms with van der Waals surface area (Å²) in [5.74, 6) is 0.919. The highest BCUT2D eigenvalue weighted by atomic mass is 32.1. The lowest BCUT2D eigenvalue weighted by atomic mass is 9.97.